The second-order valence-electron chi connectivity index (χ2n) is 4.27. The van der Waals surface area contributed by atoms with Crippen molar-refractivity contribution >= 4 is 0 Å². The molecule has 0 atom stereocenters. The van der Waals surface area contributed by atoms with Gasteiger partial charge in [0, 0.05) is 0 Å². The maximum atomic E-state index is 5.58. The number of benzene rings is 1. The molecule has 1 heterocycles. The van der Waals surface area contributed by atoms with E-state index in [1.165, 1.54) is 11.1 Å². The van der Waals surface area contributed by atoms with Gasteiger partial charge in [0.1, 0.15) is 11.6 Å². The molecule has 2 aromatic rings. The Balaban J connectivity index is 2.41. The highest BCUT2D eigenvalue weighted by atomic mass is 15.3. The van der Waals surface area contributed by atoms with Gasteiger partial charge in [-0.2, -0.15) is 5.10 Å². The average molecular weight is 230 g/mol. The number of nitrogens with zero attached hydrogens (tertiary/aromatic N) is 3. The summed E-state index contributed by atoms with van der Waals surface area (Å²) in [5, 5.41) is 4.38. The summed E-state index contributed by atoms with van der Waals surface area (Å²) >= 11 is 0. The molecule has 4 nitrogen and oxygen atoms in total. The van der Waals surface area contributed by atoms with Gasteiger partial charge in [0.25, 0.3) is 0 Å². The molecule has 0 bridgehead atoms. The quantitative estimate of drug-likeness (QED) is 0.873. The molecular formula is C13H18N4. The number of hydrogen-bond donors (Lipinski definition) is 1. The van der Waals surface area contributed by atoms with Crippen LogP contribution in [0.25, 0.3) is 5.69 Å². The normalized spacial score (nSPS) is 10.8. The van der Waals surface area contributed by atoms with E-state index in [0.29, 0.717) is 6.54 Å². The molecule has 2 N–H and O–H groups in total. The number of rotatable bonds is 3. The minimum Gasteiger partial charge on any atom is -0.330 e. The van der Waals surface area contributed by atoms with E-state index in [4.69, 9.17) is 5.73 Å². The fourth-order valence-corrected chi connectivity index (χ4v) is 2.01. The van der Waals surface area contributed by atoms with E-state index in [0.717, 1.165) is 23.8 Å². The second-order valence-corrected chi connectivity index (χ2v) is 4.27. The molecule has 0 saturated heterocycles. The number of nitrogens with two attached hydrogens (primary N) is 1. The van der Waals surface area contributed by atoms with E-state index in [1.54, 1.807) is 0 Å². The van der Waals surface area contributed by atoms with E-state index in [1.807, 2.05) is 18.5 Å². The first-order valence-corrected chi connectivity index (χ1v) is 5.82. The molecule has 2 rings (SSSR count). The van der Waals surface area contributed by atoms with E-state index < -0.39 is 0 Å². The summed E-state index contributed by atoms with van der Waals surface area (Å²) in [5.41, 5.74) is 9.18. The van der Waals surface area contributed by atoms with Crippen molar-refractivity contribution in [2.45, 2.75) is 27.2 Å². The van der Waals surface area contributed by atoms with Crippen molar-refractivity contribution in [3.8, 4) is 5.69 Å². The molecule has 90 valence electrons. The molecule has 0 radical (unpaired) electrons. The Kier molecular flexibility index (Phi) is 3.24. The maximum absolute atomic E-state index is 5.58. The van der Waals surface area contributed by atoms with Crippen molar-refractivity contribution in [3.63, 3.8) is 0 Å². The van der Waals surface area contributed by atoms with Crippen molar-refractivity contribution < 1.29 is 0 Å². The lowest BCUT2D eigenvalue weighted by Gasteiger charge is -2.08. The molecule has 4 heteroatoms. The van der Waals surface area contributed by atoms with Crippen LogP contribution in [0.3, 0.4) is 0 Å². The molecule has 0 aliphatic carbocycles. The minimum atomic E-state index is 0.682. The molecule has 1 aromatic heterocycles. The Bertz CT molecular complexity index is 528. The number of aryl methyl sites for hydroxylation is 3. The van der Waals surface area contributed by atoms with Gasteiger partial charge in [-0.25, -0.2) is 9.67 Å². The van der Waals surface area contributed by atoms with E-state index in [-0.39, 0.29) is 0 Å². The van der Waals surface area contributed by atoms with Crippen LogP contribution in [0.15, 0.2) is 18.2 Å². The maximum Gasteiger partial charge on any atom is 0.148 e. The van der Waals surface area contributed by atoms with Crippen molar-refractivity contribution in [2.24, 2.45) is 5.73 Å². The predicted octanol–water partition coefficient (Wildman–Crippen LogP) is 1.69. The molecule has 0 fully saturated rings. The molecule has 0 unspecified atom stereocenters. The summed E-state index contributed by atoms with van der Waals surface area (Å²) in [6, 6.07) is 6.32. The summed E-state index contributed by atoms with van der Waals surface area (Å²) in [7, 11) is 0. The highest BCUT2D eigenvalue weighted by Crippen LogP contribution is 2.15. The zero-order chi connectivity index (χ0) is 12.4. The Labute approximate surface area is 101 Å². The third-order valence-electron chi connectivity index (χ3n) is 2.86. The van der Waals surface area contributed by atoms with Crippen LogP contribution in [-0.2, 0) is 6.42 Å². The largest absolute Gasteiger partial charge is 0.330 e. The van der Waals surface area contributed by atoms with Gasteiger partial charge in [-0.3, -0.25) is 0 Å². The molecule has 0 saturated carbocycles. The molecule has 0 aliphatic heterocycles. The second kappa shape index (κ2) is 4.67. The Morgan fingerprint density at radius 1 is 1.24 bits per heavy atom. The Morgan fingerprint density at radius 3 is 2.53 bits per heavy atom. The van der Waals surface area contributed by atoms with Crippen LogP contribution in [0, 0.1) is 20.8 Å². The highest BCUT2D eigenvalue weighted by Gasteiger charge is 2.06. The topological polar surface area (TPSA) is 56.7 Å². The van der Waals surface area contributed by atoms with Crippen LogP contribution < -0.4 is 5.73 Å². The van der Waals surface area contributed by atoms with Crippen LogP contribution in [0.5, 0.6) is 0 Å². The molecule has 17 heavy (non-hydrogen) atoms. The lowest BCUT2D eigenvalue weighted by Crippen LogP contribution is -2.05. The van der Waals surface area contributed by atoms with Crippen LogP contribution in [-0.4, -0.2) is 21.3 Å². The smallest absolute Gasteiger partial charge is 0.148 e. The van der Waals surface area contributed by atoms with E-state index in [2.05, 4.69) is 35.2 Å². The molecule has 0 amide bonds. The lowest BCUT2D eigenvalue weighted by molar-refractivity contribution is 0.828. The zero-order valence-corrected chi connectivity index (χ0v) is 10.6. The lowest BCUT2D eigenvalue weighted by atomic mass is 10.1. The first-order chi connectivity index (χ1) is 8.11. The summed E-state index contributed by atoms with van der Waals surface area (Å²) < 4.78 is 1.87. The third-order valence-corrected chi connectivity index (χ3v) is 2.86. The van der Waals surface area contributed by atoms with Crippen LogP contribution in [0.2, 0.25) is 0 Å². The minimum absolute atomic E-state index is 0.682. The number of aromatic nitrogens is 3. The molecule has 0 aliphatic rings. The molecular weight excluding hydrogens is 212 g/mol. The first kappa shape index (κ1) is 11.8. The first-order valence-electron chi connectivity index (χ1n) is 5.82. The van der Waals surface area contributed by atoms with Crippen molar-refractivity contribution in [3.05, 3.63) is 41.0 Å². The SMILES string of the molecule is Cc1nc(C)n(-c2ccc(CCN)c(C)c2)n1. The van der Waals surface area contributed by atoms with Gasteiger partial charge in [0.15, 0.2) is 0 Å². The third kappa shape index (κ3) is 2.36. The average Bonchev–Trinajstić information content (AvgIpc) is 2.61. The van der Waals surface area contributed by atoms with Gasteiger partial charge in [0.05, 0.1) is 5.69 Å². The predicted molar refractivity (Wildman–Crippen MR) is 68.3 cm³/mol. The summed E-state index contributed by atoms with van der Waals surface area (Å²) in [5.74, 6) is 1.71. The molecule has 1 aromatic carbocycles. The van der Waals surface area contributed by atoms with Crippen LogP contribution >= 0.6 is 0 Å². The van der Waals surface area contributed by atoms with Crippen molar-refractivity contribution in [1.82, 2.24) is 14.8 Å². The van der Waals surface area contributed by atoms with Gasteiger partial charge < -0.3 is 5.73 Å². The van der Waals surface area contributed by atoms with E-state index in [9.17, 15) is 0 Å². The van der Waals surface area contributed by atoms with Gasteiger partial charge in [-0.1, -0.05) is 6.07 Å². The van der Waals surface area contributed by atoms with Gasteiger partial charge in [-0.05, 0) is 57.0 Å². The zero-order valence-electron chi connectivity index (χ0n) is 10.6. The Hall–Kier alpha value is -1.68. The highest BCUT2D eigenvalue weighted by molar-refractivity contribution is 5.40. The monoisotopic (exact) mass is 230 g/mol. The summed E-state index contributed by atoms with van der Waals surface area (Å²) in [4.78, 5) is 4.31. The van der Waals surface area contributed by atoms with Crippen molar-refractivity contribution in [2.75, 3.05) is 6.54 Å². The van der Waals surface area contributed by atoms with Crippen LogP contribution in [0.1, 0.15) is 22.8 Å². The fraction of sp³-hybridized carbons (Fsp3) is 0.385. The van der Waals surface area contributed by atoms with Gasteiger partial charge in [-0.15, -0.1) is 0 Å². The standard InChI is InChI=1S/C13H18N4/c1-9-8-13(5-4-12(9)6-7-14)17-11(3)15-10(2)16-17/h4-5,8H,6-7,14H2,1-3H3. The van der Waals surface area contributed by atoms with Gasteiger partial charge >= 0.3 is 0 Å². The van der Waals surface area contributed by atoms with Gasteiger partial charge in [0.2, 0.25) is 0 Å². The Morgan fingerprint density at radius 2 is 2.00 bits per heavy atom. The molecule has 0 spiro atoms. The number of hydrogen-bond acceptors (Lipinski definition) is 3. The summed E-state index contributed by atoms with van der Waals surface area (Å²) in [6.07, 6.45) is 0.918. The van der Waals surface area contributed by atoms with Crippen LogP contribution in [0.4, 0.5) is 0 Å². The fourth-order valence-electron chi connectivity index (χ4n) is 2.01. The van der Waals surface area contributed by atoms with Crippen molar-refractivity contribution in [1.29, 1.82) is 0 Å². The summed E-state index contributed by atoms with van der Waals surface area (Å²) in [6.45, 7) is 6.65. The van der Waals surface area contributed by atoms with E-state index >= 15 is 0 Å².